The number of nitrogens with one attached hydrogen (secondary N) is 1. The minimum Gasteiger partial charge on any atom is -0.497 e. The van der Waals surface area contributed by atoms with E-state index in [2.05, 4.69) is 5.32 Å². The quantitative estimate of drug-likeness (QED) is 0.590. The maximum absolute atomic E-state index is 13.4. The van der Waals surface area contributed by atoms with Crippen molar-refractivity contribution < 1.29 is 14.3 Å². The molecule has 30 heavy (non-hydrogen) atoms. The summed E-state index contributed by atoms with van der Waals surface area (Å²) in [6.45, 7) is 3.96. The smallest absolute Gasteiger partial charge is 0.264 e. The fourth-order valence-electron chi connectivity index (χ4n) is 3.19. The van der Waals surface area contributed by atoms with Gasteiger partial charge in [0, 0.05) is 12.7 Å². The normalized spacial score (nSPS) is 17.5. The van der Waals surface area contributed by atoms with Gasteiger partial charge in [-0.3, -0.25) is 14.5 Å². The van der Waals surface area contributed by atoms with Crippen molar-refractivity contribution in [3.8, 4) is 11.8 Å². The number of nitrogens with zero attached hydrogens (tertiary/aromatic N) is 2. The Labute approximate surface area is 180 Å². The van der Waals surface area contributed by atoms with Gasteiger partial charge in [0.2, 0.25) is 5.91 Å². The van der Waals surface area contributed by atoms with Crippen molar-refractivity contribution in [3.63, 3.8) is 0 Å². The highest BCUT2D eigenvalue weighted by molar-refractivity contribution is 8.05. The topological polar surface area (TPSA) is 82.4 Å². The molecule has 154 valence electrons. The number of thioether (sulfide) groups is 1. The van der Waals surface area contributed by atoms with Gasteiger partial charge in [0.05, 0.1) is 12.4 Å². The second-order valence-corrected chi connectivity index (χ2v) is 8.16. The van der Waals surface area contributed by atoms with Crippen molar-refractivity contribution in [2.45, 2.75) is 25.5 Å². The Morgan fingerprint density at radius 2 is 1.90 bits per heavy atom. The second-order valence-electron chi connectivity index (χ2n) is 6.97. The maximum Gasteiger partial charge on any atom is 0.264 e. The van der Waals surface area contributed by atoms with Gasteiger partial charge in [0.1, 0.15) is 22.4 Å². The Kier molecular flexibility index (Phi) is 6.48. The van der Waals surface area contributed by atoms with E-state index in [1.165, 1.54) is 23.7 Å². The van der Waals surface area contributed by atoms with E-state index in [-0.39, 0.29) is 11.5 Å². The molecule has 0 aliphatic carbocycles. The molecule has 7 heteroatoms. The number of anilines is 1. The largest absolute Gasteiger partial charge is 0.497 e. The van der Waals surface area contributed by atoms with Crippen LogP contribution in [0.2, 0.25) is 0 Å². The van der Waals surface area contributed by atoms with Crippen LogP contribution < -0.4 is 15.0 Å². The van der Waals surface area contributed by atoms with Crippen LogP contribution in [0.1, 0.15) is 16.7 Å². The number of amides is 2. The van der Waals surface area contributed by atoms with Crippen LogP contribution >= 0.6 is 11.8 Å². The third-order valence-electron chi connectivity index (χ3n) is 5.06. The van der Waals surface area contributed by atoms with Gasteiger partial charge in [0.15, 0.2) is 0 Å². The number of likely N-dealkylation sites (N-methyl/N-ethyl adjacent to an activating group) is 1. The minimum atomic E-state index is -0.508. The molecule has 0 saturated carbocycles. The molecule has 0 radical (unpaired) electrons. The Morgan fingerprint density at radius 3 is 2.47 bits per heavy atom. The van der Waals surface area contributed by atoms with Crippen molar-refractivity contribution in [1.29, 1.82) is 5.26 Å². The average molecular weight is 422 g/mol. The van der Waals surface area contributed by atoms with Crippen molar-refractivity contribution in [1.82, 2.24) is 5.32 Å². The zero-order chi connectivity index (χ0) is 21.8. The van der Waals surface area contributed by atoms with E-state index in [1.54, 1.807) is 7.11 Å². The first-order valence-electron chi connectivity index (χ1n) is 9.46. The lowest BCUT2D eigenvalue weighted by Crippen LogP contribution is -2.31. The molecule has 2 amide bonds. The van der Waals surface area contributed by atoms with Gasteiger partial charge in [-0.15, -0.1) is 0 Å². The summed E-state index contributed by atoms with van der Waals surface area (Å²) in [5.41, 5.74) is 3.69. The summed E-state index contributed by atoms with van der Waals surface area (Å²) in [7, 11) is 3.07. The van der Waals surface area contributed by atoms with Crippen molar-refractivity contribution in [2.24, 2.45) is 0 Å². The van der Waals surface area contributed by atoms with Gasteiger partial charge in [-0.1, -0.05) is 30.0 Å². The van der Waals surface area contributed by atoms with Crippen LogP contribution in [0.4, 0.5) is 5.69 Å². The van der Waals surface area contributed by atoms with Gasteiger partial charge in [-0.2, -0.15) is 5.26 Å². The summed E-state index contributed by atoms with van der Waals surface area (Å²) < 4.78 is 5.19. The Balaban J connectivity index is 2.03. The first-order chi connectivity index (χ1) is 14.4. The van der Waals surface area contributed by atoms with E-state index in [9.17, 15) is 14.9 Å². The number of aryl methyl sites for hydroxylation is 2. The van der Waals surface area contributed by atoms with E-state index in [0.717, 1.165) is 22.4 Å². The highest BCUT2D eigenvalue weighted by Crippen LogP contribution is 2.42. The SMILES string of the molecule is CNC(=O)C(C#N)=C1SC(Cc2ccc(OC)cc2)C(=O)N1c1ccc(C)c(C)c1. The number of hydrogen-bond donors (Lipinski definition) is 1. The molecule has 1 aliphatic rings. The van der Waals surface area contributed by atoms with Crippen LogP contribution in [0.5, 0.6) is 5.75 Å². The van der Waals surface area contributed by atoms with Crippen LogP contribution in [0, 0.1) is 25.2 Å². The number of carbonyl (C=O) groups is 2. The molecule has 1 atom stereocenters. The maximum atomic E-state index is 13.4. The summed E-state index contributed by atoms with van der Waals surface area (Å²) in [4.78, 5) is 27.2. The van der Waals surface area contributed by atoms with Crippen LogP contribution in [-0.2, 0) is 16.0 Å². The minimum absolute atomic E-state index is 0.0636. The Bertz CT molecular complexity index is 1050. The molecule has 1 unspecified atom stereocenters. The van der Waals surface area contributed by atoms with Crippen molar-refractivity contribution in [2.75, 3.05) is 19.1 Å². The predicted octanol–water partition coefficient (Wildman–Crippen LogP) is 3.48. The Hall–Kier alpha value is -3.24. The lowest BCUT2D eigenvalue weighted by atomic mass is 10.1. The molecule has 1 heterocycles. The monoisotopic (exact) mass is 421 g/mol. The summed E-state index contributed by atoms with van der Waals surface area (Å²) in [5.74, 6) is 0.0883. The molecule has 1 fully saturated rings. The molecule has 1 aliphatic heterocycles. The summed E-state index contributed by atoms with van der Waals surface area (Å²) in [5, 5.41) is 12.1. The van der Waals surface area contributed by atoms with E-state index < -0.39 is 11.2 Å². The number of hydrogen-bond acceptors (Lipinski definition) is 5. The molecule has 0 spiro atoms. The summed E-state index contributed by atoms with van der Waals surface area (Å²) >= 11 is 1.25. The summed E-state index contributed by atoms with van der Waals surface area (Å²) in [6, 6.07) is 15.2. The van der Waals surface area contributed by atoms with E-state index in [1.807, 2.05) is 62.4 Å². The van der Waals surface area contributed by atoms with Crippen LogP contribution in [0.15, 0.2) is 53.1 Å². The molecule has 0 bridgehead atoms. The van der Waals surface area contributed by atoms with Gasteiger partial charge in [-0.25, -0.2) is 0 Å². The van der Waals surface area contributed by atoms with Crippen LogP contribution in [0.3, 0.4) is 0 Å². The first-order valence-corrected chi connectivity index (χ1v) is 10.3. The fraction of sp³-hybridized carbons (Fsp3) is 0.261. The van der Waals surface area contributed by atoms with Crippen molar-refractivity contribution >= 4 is 29.3 Å². The zero-order valence-corrected chi connectivity index (χ0v) is 18.2. The number of ether oxygens (including phenoxy) is 1. The molecule has 1 N–H and O–H groups in total. The third-order valence-corrected chi connectivity index (χ3v) is 6.32. The molecular weight excluding hydrogens is 398 g/mol. The van der Waals surface area contributed by atoms with Gasteiger partial charge in [-0.05, 0) is 61.2 Å². The Morgan fingerprint density at radius 1 is 1.20 bits per heavy atom. The number of rotatable bonds is 5. The molecule has 0 aromatic heterocycles. The molecule has 6 nitrogen and oxygen atoms in total. The lowest BCUT2D eigenvalue weighted by Gasteiger charge is -2.19. The average Bonchev–Trinajstić information content (AvgIpc) is 3.06. The number of benzene rings is 2. The lowest BCUT2D eigenvalue weighted by molar-refractivity contribution is -0.117. The number of methoxy groups -OCH3 is 1. The van der Waals surface area contributed by atoms with E-state index in [4.69, 9.17) is 4.74 Å². The third kappa shape index (κ3) is 4.19. The number of nitriles is 1. The zero-order valence-electron chi connectivity index (χ0n) is 17.4. The van der Waals surface area contributed by atoms with Gasteiger partial charge in [0.25, 0.3) is 5.91 Å². The van der Waals surface area contributed by atoms with E-state index in [0.29, 0.717) is 17.1 Å². The highest BCUT2D eigenvalue weighted by atomic mass is 32.2. The van der Waals surface area contributed by atoms with Gasteiger partial charge >= 0.3 is 0 Å². The summed E-state index contributed by atoms with van der Waals surface area (Å²) in [6.07, 6.45) is 0.477. The van der Waals surface area contributed by atoms with Crippen LogP contribution in [0.25, 0.3) is 0 Å². The second kappa shape index (κ2) is 9.06. The fourth-order valence-corrected chi connectivity index (χ4v) is 4.50. The molecule has 2 aromatic carbocycles. The van der Waals surface area contributed by atoms with Crippen LogP contribution in [-0.4, -0.2) is 31.2 Å². The first kappa shape index (κ1) is 21.5. The highest BCUT2D eigenvalue weighted by Gasteiger charge is 2.40. The standard InChI is InChI=1S/C23H23N3O3S/c1-14-5-8-17(11-15(14)2)26-22(28)20(12-16-6-9-18(29-4)10-7-16)30-23(26)19(13-24)21(27)25-3/h5-11,20H,12H2,1-4H3,(H,25,27). The predicted molar refractivity (Wildman–Crippen MR) is 118 cm³/mol. The van der Waals surface area contributed by atoms with Gasteiger partial charge < -0.3 is 10.1 Å². The molecular formula is C23H23N3O3S. The molecule has 1 saturated heterocycles. The number of carbonyl (C=O) groups excluding carboxylic acids is 2. The molecule has 3 rings (SSSR count). The molecule has 2 aromatic rings. The van der Waals surface area contributed by atoms with Crippen molar-refractivity contribution in [3.05, 3.63) is 69.8 Å². The van der Waals surface area contributed by atoms with E-state index >= 15 is 0 Å².